The highest BCUT2D eigenvalue weighted by Gasteiger charge is 2.01. The Labute approximate surface area is 113 Å². The van der Waals surface area contributed by atoms with E-state index in [1.807, 2.05) is 13.8 Å². The summed E-state index contributed by atoms with van der Waals surface area (Å²) in [7, 11) is 0. The Morgan fingerprint density at radius 2 is 1.68 bits per heavy atom. The van der Waals surface area contributed by atoms with Crippen LogP contribution < -0.4 is 14.8 Å². The van der Waals surface area contributed by atoms with Gasteiger partial charge >= 0.3 is 0 Å². The van der Waals surface area contributed by atoms with Gasteiger partial charge in [-0.15, -0.1) is 0 Å². The van der Waals surface area contributed by atoms with Gasteiger partial charge in [-0.3, -0.25) is 4.79 Å². The van der Waals surface area contributed by atoms with Gasteiger partial charge in [-0.1, -0.05) is 0 Å². The molecular formula is C14H21NO4. The normalized spacial score (nSPS) is 10.0. The zero-order valence-corrected chi connectivity index (χ0v) is 11.5. The molecule has 1 rings (SSSR count). The summed E-state index contributed by atoms with van der Waals surface area (Å²) in [4.78, 5) is 11.2. The van der Waals surface area contributed by atoms with E-state index in [-0.39, 0.29) is 12.5 Å². The van der Waals surface area contributed by atoms with E-state index in [1.54, 1.807) is 24.3 Å². The number of benzene rings is 1. The maximum Gasteiger partial charge on any atom is 0.257 e. The van der Waals surface area contributed by atoms with Gasteiger partial charge in [-0.25, -0.2) is 0 Å². The van der Waals surface area contributed by atoms with E-state index in [1.165, 1.54) is 0 Å². The van der Waals surface area contributed by atoms with Crippen LogP contribution in [-0.2, 0) is 9.53 Å². The maximum absolute atomic E-state index is 11.2. The SMILES string of the molecule is CCNC(=O)COc1ccc(OCCOCC)cc1. The summed E-state index contributed by atoms with van der Waals surface area (Å²) in [6, 6.07) is 7.16. The van der Waals surface area contributed by atoms with E-state index in [4.69, 9.17) is 14.2 Å². The summed E-state index contributed by atoms with van der Waals surface area (Å²) in [5, 5.41) is 2.66. The molecule has 0 bridgehead atoms. The second kappa shape index (κ2) is 9.22. The highest BCUT2D eigenvalue weighted by molar-refractivity contribution is 5.77. The van der Waals surface area contributed by atoms with Crippen LogP contribution >= 0.6 is 0 Å². The largest absolute Gasteiger partial charge is 0.491 e. The summed E-state index contributed by atoms with van der Waals surface area (Å²) < 4.78 is 16.0. The van der Waals surface area contributed by atoms with Gasteiger partial charge in [0.25, 0.3) is 5.91 Å². The lowest BCUT2D eigenvalue weighted by atomic mass is 10.3. The van der Waals surface area contributed by atoms with Gasteiger partial charge in [0.2, 0.25) is 0 Å². The molecule has 5 heteroatoms. The third-order valence-electron chi connectivity index (χ3n) is 2.27. The van der Waals surface area contributed by atoms with Crippen molar-refractivity contribution in [1.82, 2.24) is 5.32 Å². The van der Waals surface area contributed by atoms with Crippen LogP contribution in [0.25, 0.3) is 0 Å². The van der Waals surface area contributed by atoms with E-state index >= 15 is 0 Å². The molecule has 0 unspecified atom stereocenters. The molecule has 0 aromatic heterocycles. The number of ether oxygens (including phenoxy) is 3. The molecular weight excluding hydrogens is 246 g/mol. The molecule has 106 valence electrons. The number of rotatable bonds is 9. The van der Waals surface area contributed by atoms with Gasteiger partial charge in [-0.2, -0.15) is 0 Å². The predicted octanol–water partition coefficient (Wildman–Crippen LogP) is 1.62. The first-order chi connectivity index (χ1) is 9.26. The van der Waals surface area contributed by atoms with Gasteiger partial charge in [0, 0.05) is 13.2 Å². The lowest BCUT2D eigenvalue weighted by molar-refractivity contribution is -0.122. The van der Waals surface area contributed by atoms with E-state index in [0.717, 1.165) is 5.75 Å². The van der Waals surface area contributed by atoms with Crippen molar-refractivity contribution >= 4 is 5.91 Å². The second-order valence-electron chi connectivity index (χ2n) is 3.76. The van der Waals surface area contributed by atoms with Crippen LogP contribution in [0.5, 0.6) is 11.5 Å². The molecule has 0 heterocycles. The maximum atomic E-state index is 11.2. The van der Waals surface area contributed by atoms with E-state index in [0.29, 0.717) is 32.1 Å². The Morgan fingerprint density at radius 1 is 1.05 bits per heavy atom. The summed E-state index contributed by atoms with van der Waals surface area (Å²) >= 11 is 0. The Kier molecular flexibility index (Phi) is 7.43. The number of hydrogen-bond donors (Lipinski definition) is 1. The molecule has 0 spiro atoms. The molecule has 0 fully saturated rings. The van der Waals surface area contributed by atoms with Gasteiger partial charge < -0.3 is 19.5 Å². The topological polar surface area (TPSA) is 56.8 Å². The highest BCUT2D eigenvalue weighted by atomic mass is 16.5. The summed E-state index contributed by atoms with van der Waals surface area (Å²) in [6.45, 7) is 6.23. The van der Waals surface area contributed by atoms with Gasteiger partial charge in [0.05, 0.1) is 6.61 Å². The fourth-order valence-corrected chi connectivity index (χ4v) is 1.39. The minimum absolute atomic E-state index is 0.0262. The zero-order chi connectivity index (χ0) is 13.9. The zero-order valence-electron chi connectivity index (χ0n) is 11.5. The van der Waals surface area contributed by atoms with Crippen molar-refractivity contribution in [3.63, 3.8) is 0 Å². The van der Waals surface area contributed by atoms with Crippen molar-refractivity contribution in [3.05, 3.63) is 24.3 Å². The van der Waals surface area contributed by atoms with E-state index < -0.39 is 0 Å². The highest BCUT2D eigenvalue weighted by Crippen LogP contribution is 2.17. The quantitative estimate of drug-likeness (QED) is 0.691. The van der Waals surface area contributed by atoms with Gasteiger partial charge in [0.15, 0.2) is 6.61 Å². The van der Waals surface area contributed by atoms with Crippen LogP contribution in [0.3, 0.4) is 0 Å². The van der Waals surface area contributed by atoms with Crippen LogP contribution in [-0.4, -0.2) is 38.9 Å². The number of carbonyl (C=O) groups excluding carboxylic acids is 1. The first-order valence-electron chi connectivity index (χ1n) is 6.46. The molecule has 0 aliphatic rings. The minimum atomic E-state index is -0.125. The number of nitrogens with one attached hydrogen (secondary N) is 1. The van der Waals surface area contributed by atoms with Gasteiger partial charge in [0.1, 0.15) is 18.1 Å². The van der Waals surface area contributed by atoms with Crippen LogP contribution in [0.15, 0.2) is 24.3 Å². The third kappa shape index (κ3) is 6.67. The fraction of sp³-hybridized carbons (Fsp3) is 0.500. The van der Waals surface area contributed by atoms with Crippen LogP contribution in [0.2, 0.25) is 0 Å². The Hall–Kier alpha value is -1.75. The smallest absolute Gasteiger partial charge is 0.257 e. The van der Waals surface area contributed by atoms with Crippen molar-refractivity contribution in [1.29, 1.82) is 0 Å². The molecule has 0 radical (unpaired) electrons. The van der Waals surface area contributed by atoms with Crippen molar-refractivity contribution in [2.24, 2.45) is 0 Å². The van der Waals surface area contributed by atoms with E-state index in [9.17, 15) is 4.79 Å². The summed E-state index contributed by atoms with van der Waals surface area (Å²) in [6.07, 6.45) is 0. The molecule has 0 atom stereocenters. The average molecular weight is 267 g/mol. The molecule has 1 N–H and O–H groups in total. The Bertz CT molecular complexity index is 364. The molecule has 5 nitrogen and oxygen atoms in total. The number of likely N-dealkylation sites (N-methyl/N-ethyl adjacent to an activating group) is 1. The molecule has 19 heavy (non-hydrogen) atoms. The van der Waals surface area contributed by atoms with Crippen LogP contribution in [0.1, 0.15) is 13.8 Å². The van der Waals surface area contributed by atoms with Crippen molar-refractivity contribution in [3.8, 4) is 11.5 Å². The standard InChI is InChI=1S/C14H21NO4/c1-3-15-14(16)11-19-13-7-5-12(6-8-13)18-10-9-17-4-2/h5-8H,3-4,9-11H2,1-2H3,(H,15,16). The molecule has 0 saturated carbocycles. The second-order valence-corrected chi connectivity index (χ2v) is 3.76. The van der Waals surface area contributed by atoms with Crippen molar-refractivity contribution < 1.29 is 19.0 Å². The molecule has 1 aromatic rings. The van der Waals surface area contributed by atoms with Crippen molar-refractivity contribution in [2.45, 2.75) is 13.8 Å². The monoisotopic (exact) mass is 267 g/mol. The molecule has 0 aliphatic heterocycles. The molecule has 1 amide bonds. The molecule has 1 aromatic carbocycles. The van der Waals surface area contributed by atoms with Crippen LogP contribution in [0.4, 0.5) is 0 Å². The lowest BCUT2D eigenvalue weighted by Crippen LogP contribution is -2.28. The van der Waals surface area contributed by atoms with E-state index in [2.05, 4.69) is 5.32 Å². The van der Waals surface area contributed by atoms with Crippen LogP contribution in [0, 0.1) is 0 Å². The number of hydrogen-bond acceptors (Lipinski definition) is 4. The first-order valence-corrected chi connectivity index (χ1v) is 6.46. The average Bonchev–Trinajstić information content (AvgIpc) is 2.43. The first kappa shape index (κ1) is 15.3. The Balaban J connectivity index is 2.29. The predicted molar refractivity (Wildman–Crippen MR) is 72.6 cm³/mol. The fourth-order valence-electron chi connectivity index (χ4n) is 1.39. The molecule has 0 aliphatic carbocycles. The number of amides is 1. The number of carbonyl (C=O) groups is 1. The summed E-state index contributed by atoms with van der Waals surface area (Å²) in [5.41, 5.74) is 0. The minimum Gasteiger partial charge on any atom is -0.491 e. The van der Waals surface area contributed by atoms with Crippen molar-refractivity contribution in [2.75, 3.05) is 33.0 Å². The third-order valence-corrected chi connectivity index (χ3v) is 2.27. The molecule has 0 saturated heterocycles. The lowest BCUT2D eigenvalue weighted by Gasteiger charge is -2.08. The van der Waals surface area contributed by atoms with Gasteiger partial charge in [-0.05, 0) is 38.1 Å². The Morgan fingerprint density at radius 3 is 2.26 bits per heavy atom. The summed E-state index contributed by atoms with van der Waals surface area (Å²) in [5.74, 6) is 1.27.